The third kappa shape index (κ3) is 9.91. The van der Waals surface area contributed by atoms with Gasteiger partial charge in [0, 0.05) is 6.54 Å². The van der Waals surface area contributed by atoms with E-state index in [4.69, 9.17) is 14.2 Å². The number of aliphatic hydroxyl groups is 3. The minimum atomic E-state index is -1.14. The number of hydrogen-bond donors (Lipinski definition) is 5. The van der Waals surface area contributed by atoms with Crippen LogP contribution in [-0.4, -0.2) is 78.4 Å². The van der Waals surface area contributed by atoms with Crippen LogP contribution in [0, 0.1) is 0 Å². The maximum Gasteiger partial charge on any atom is 0.187 e. The molecular weight excluding hydrogens is 342 g/mol. The highest BCUT2D eigenvalue weighted by molar-refractivity contribution is 5.30. The molecule has 0 aromatic heterocycles. The Balaban J connectivity index is 0.00000301. The maximum atomic E-state index is 10.2. The third-order valence-electron chi connectivity index (χ3n) is 3.23. The van der Waals surface area contributed by atoms with Crippen LogP contribution in [0.4, 0.5) is 0 Å². The summed E-state index contributed by atoms with van der Waals surface area (Å²) in [6.07, 6.45) is -4.01. The second-order valence-electron chi connectivity index (χ2n) is 5.31. The summed E-state index contributed by atoms with van der Waals surface area (Å²) >= 11 is 0. The lowest BCUT2D eigenvalue weighted by Gasteiger charge is -2.28. The van der Waals surface area contributed by atoms with E-state index in [0.29, 0.717) is 12.3 Å². The molecule has 0 amide bonds. The van der Waals surface area contributed by atoms with Gasteiger partial charge in [-0.15, -0.1) is 0 Å². The van der Waals surface area contributed by atoms with E-state index in [2.05, 4.69) is 5.32 Å². The minimum absolute atomic E-state index is 0.113. The van der Waals surface area contributed by atoms with Crippen molar-refractivity contribution in [3.63, 3.8) is 0 Å². The van der Waals surface area contributed by atoms with E-state index in [1.54, 1.807) is 19.2 Å². The zero-order valence-corrected chi connectivity index (χ0v) is 16.0. The van der Waals surface area contributed by atoms with Gasteiger partial charge in [0.1, 0.15) is 30.3 Å². The fraction of sp³-hybridized carbons (Fsp3) is 0.667. The van der Waals surface area contributed by atoms with Gasteiger partial charge in [-0.25, -0.2) is 0 Å². The van der Waals surface area contributed by atoms with Crippen molar-refractivity contribution >= 4 is 0 Å². The number of phenolic OH excluding ortho intramolecular Hbond substituents is 1. The number of likely N-dealkylation sites (N-methyl/N-ethyl adjacent to an activating group) is 1. The van der Waals surface area contributed by atoms with Crippen LogP contribution in [0.3, 0.4) is 0 Å². The predicted molar refractivity (Wildman–Crippen MR) is 98.3 cm³/mol. The first-order chi connectivity index (χ1) is 12.5. The molecule has 152 valence electrons. The first-order valence-corrected chi connectivity index (χ1v) is 8.78. The summed E-state index contributed by atoms with van der Waals surface area (Å²) in [6.45, 7) is 5.77. The number of ether oxygens (including phenoxy) is 3. The molecule has 0 saturated carbocycles. The Morgan fingerprint density at radius 2 is 1.73 bits per heavy atom. The molecule has 0 radical (unpaired) electrons. The second-order valence-corrected chi connectivity index (χ2v) is 5.31. The zero-order chi connectivity index (χ0) is 19.9. The minimum Gasteiger partial charge on any atom is -0.508 e. The van der Waals surface area contributed by atoms with Gasteiger partial charge in [-0.3, -0.25) is 0 Å². The monoisotopic (exact) mass is 375 g/mol. The smallest absolute Gasteiger partial charge is 0.187 e. The summed E-state index contributed by atoms with van der Waals surface area (Å²) in [5.74, 6) is 0.581. The first kappa shape index (κ1) is 24.6. The van der Waals surface area contributed by atoms with Gasteiger partial charge in [0.2, 0.25) is 0 Å². The number of aromatic hydroxyl groups is 1. The van der Waals surface area contributed by atoms with Crippen molar-refractivity contribution in [1.82, 2.24) is 5.32 Å². The van der Waals surface area contributed by atoms with Gasteiger partial charge < -0.3 is 40.0 Å². The number of nitrogens with one attached hydrogen (secondary N) is 1. The van der Waals surface area contributed by atoms with Gasteiger partial charge in [0.05, 0.1) is 19.3 Å². The number of benzene rings is 1. The summed E-state index contributed by atoms with van der Waals surface area (Å²) in [5.41, 5.74) is 0. The third-order valence-corrected chi connectivity index (χ3v) is 3.23. The molecule has 0 spiro atoms. The molecule has 8 heteroatoms. The van der Waals surface area contributed by atoms with Crippen molar-refractivity contribution in [2.24, 2.45) is 0 Å². The summed E-state index contributed by atoms with van der Waals surface area (Å²) in [6, 6.07) is 6.06. The highest BCUT2D eigenvalue weighted by Gasteiger charge is 2.27. The molecule has 0 aliphatic rings. The van der Waals surface area contributed by atoms with Gasteiger partial charge in [0.15, 0.2) is 6.29 Å². The van der Waals surface area contributed by atoms with E-state index in [0.717, 1.165) is 0 Å². The molecule has 1 aromatic rings. The highest BCUT2D eigenvalue weighted by atomic mass is 16.7. The lowest BCUT2D eigenvalue weighted by atomic mass is 10.2. The van der Waals surface area contributed by atoms with E-state index >= 15 is 0 Å². The average molecular weight is 375 g/mol. The SMILES string of the molecule is CC.CNCCOC(OC(CO)C(C)O)C(O)COc1ccc(O)cc1. The molecule has 5 N–H and O–H groups in total. The Labute approximate surface area is 155 Å². The summed E-state index contributed by atoms with van der Waals surface area (Å²) in [4.78, 5) is 0. The Morgan fingerprint density at radius 1 is 1.12 bits per heavy atom. The Hall–Kier alpha value is -1.42. The van der Waals surface area contributed by atoms with Crippen LogP contribution in [0.2, 0.25) is 0 Å². The molecule has 0 fully saturated rings. The van der Waals surface area contributed by atoms with Crippen molar-refractivity contribution in [3.8, 4) is 11.5 Å². The molecule has 1 aromatic carbocycles. The van der Waals surface area contributed by atoms with Crippen LogP contribution < -0.4 is 10.1 Å². The lowest BCUT2D eigenvalue weighted by molar-refractivity contribution is -0.238. The summed E-state index contributed by atoms with van der Waals surface area (Å²) < 4.78 is 16.3. The summed E-state index contributed by atoms with van der Waals surface area (Å²) in [7, 11) is 1.76. The van der Waals surface area contributed by atoms with Gasteiger partial charge in [-0.05, 0) is 38.2 Å². The Bertz CT molecular complexity index is 442. The molecule has 0 bridgehead atoms. The standard InChI is InChI=1S/C16H27NO7.C2H6/c1-11(19)15(9-18)24-16(22-8-7-17-2)14(21)10-23-13-5-3-12(20)4-6-13;1-2/h3-6,11,14-21H,7-10H2,1-2H3;1-2H3. The van der Waals surface area contributed by atoms with Crippen molar-refractivity contribution in [1.29, 1.82) is 0 Å². The highest BCUT2D eigenvalue weighted by Crippen LogP contribution is 2.17. The second kappa shape index (κ2) is 14.7. The fourth-order valence-corrected chi connectivity index (χ4v) is 1.80. The van der Waals surface area contributed by atoms with Gasteiger partial charge in [-0.1, -0.05) is 13.8 Å². The molecule has 4 unspecified atom stereocenters. The van der Waals surface area contributed by atoms with Crippen LogP contribution in [-0.2, 0) is 9.47 Å². The van der Waals surface area contributed by atoms with E-state index < -0.39 is 31.2 Å². The van der Waals surface area contributed by atoms with E-state index in [1.807, 2.05) is 13.8 Å². The molecule has 0 aliphatic heterocycles. The van der Waals surface area contributed by atoms with Crippen molar-refractivity contribution < 1.29 is 34.6 Å². The molecular formula is C18H33NO7. The van der Waals surface area contributed by atoms with Gasteiger partial charge >= 0.3 is 0 Å². The molecule has 1 rings (SSSR count). The van der Waals surface area contributed by atoms with Crippen molar-refractivity contribution in [2.45, 2.75) is 45.4 Å². The molecule has 8 nitrogen and oxygen atoms in total. The fourth-order valence-electron chi connectivity index (χ4n) is 1.80. The molecule has 26 heavy (non-hydrogen) atoms. The zero-order valence-electron chi connectivity index (χ0n) is 16.0. The van der Waals surface area contributed by atoms with Crippen LogP contribution in [0.5, 0.6) is 11.5 Å². The molecule has 0 saturated heterocycles. The van der Waals surface area contributed by atoms with E-state index in [-0.39, 0.29) is 19.0 Å². The van der Waals surface area contributed by atoms with E-state index in [1.165, 1.54) is 19.1 Å². The van der Waals surface area contributed by atoms with Crippen LogP contribution >= 0.6 is 0 Å². The van der Waals surface area contributed by atoms with Crippen LogP contribution in [0.25, 0.3) is 0 Å². The molecule has 4 atom stereocenters. The lowest BCUT2D eigenvalue weighted by Crippen LogP contribution is -2.43. The van der Waals surface area contributed by atoms with Crippen LogP contribution in [0.15, 0.2) is 24.3 Å². The quantitative estimate of drug-likeness (QED) is 0.264. The van der Waals surface area contributed by atoms with E-state index in [9.17, 15) is 20.4 Å². The normalized spacial score (nSPS) is 15.3. The van der Waals surface area contributed by atoms with Crippen LogP contribution in [0.1, 0.15) is 20.8 Å². The Morgan fingerprint density at radius 3 is 2.23 bits per heavy atom. The molecule has 0 aliphatic carbocycles. The topological polar surface area (TPSA) is 121 Å². The first-order valence-electron chi connectivity index (χ1n) is 8.78. The number of phenols is 1. The number of rotatable bonds is 12. The largest absolute Gasteiger partial charge is 0.508 e. The average Bonchev–Trinajstić information content (AvgIpc) is 2.65. The maximum absolute atomic E-state index is 10.2. The van der Waals surface area contributed by atoms with Gasteiger partial charge in [0.25, 0.3) is 0 Å². The molecule has 0 heterocycles. The Kier molecular flexibility index (Phi) is 13.9. The number of aliphatic hydroxyl groups excluding tert-OH is 3. The number of hydrogen-bond acceptors (Lipinski definition) is 8. The van der Waals surface area contributed by atoms with Crippen molar-refractivity contribution in [3.05, 3.63) is 24.3 Å². The van der Waals surface area contributed by atoms with Crippen molar-refractivity contribution in [2.75, 3.05) is 33.4 Å². The summed E-state index contributed by atoms with van der Waals surface area (Å²) in [5, 5.41) is 41.2. The predicted octanol–water partition coefficient (Wildman–Crippen LogP) is 0.479. The van der Waals surface area contributed by atoms with Gasteiger partial charge in [-0.2, -0.15) is 0 Å².